The van der Waals surface area contributed by atoms with Gasteiger partial charge in [-0.2, -0.15) is 0 Å². The zero-order chi connectivity index (χ0) is 9.68. The summed E-state index contributed by atoms with van der Waals surface area (Å²) in [4.78, 5) is 11.1. The first kappa shape index (κ1) is 10.5. The summed E-state index contributed by atoms with van der Waals surface area (Å²) in [5.74, 6) is 1.11. The molecule has 0 aromatic rings. The van der Waals surface area contributed by atoms with Gasteiger partial charge in [0.15, 0.2) is 0 Å². The molecule has 1 saturated heterocycles. The lowest BCUT2D eigenvalue weighted by molar-refractivity contribution is -0.142. The van der Waals surface area contributed by atoms with Crippen molar-refractivity contribution in [2.24, 2.45) is 11.8 Å². The molecule has 0 saturated carbocycles. The molecule has 1 N–H and O–H groups in total. The third-order valence-corrected chi connectivity index (χ3v) is 2.95. The molecule has 1 rings (SSSR count). The van der Waals surface area contributed by atoms with E-state index in [1.807, 2.05) is 0 Å². The lowest BCUT2D eigenvalue weighted by Gasteiger charge is -2.30. The van der Waals surface area contributed by atoms with E-state index in [1.165, 1.54) is 7.11 Å². The molecule has 1 heterocycles. The van der Waals surface area contributed by atoms with E-state index in [4.69, 9.17) is 0 Å². The molecule has 0 aromatic heterocycles. The zero-order valence-electron chi connectivity index (χ0n) is 8.51. The highest BCUT2D eigenvalue weighted by atomic mass is 16.5. The molecule has 2 atom stereocenters. The largest absolute Gasteiger partial charge is 0.469 e. The normalized spacial score (nSPS) is 28.5. The van der Waals surface area contributed by atoms with Crippen molar-refractivity contribution in [2.75, 3.05) is 20.2 Å². The maximum Gasteiger partial charge on any atom is 0.305 e. The van der Waals surface area contributed by atoms with Gasteiger partial charge in [-0.3, -0.25) is 4.79 Å². The fourth-order valence-electron chi connectivity index (χ4n) is 2.02. The Bertz CT molecular complexity index is 170. The number of nitrogens with one attached hydrogen (secondary N) is 1. The Balaban J connectivity index is 2.40. The first-order chi connectivity index (χ1) is 6.27. The number of ether oxygens (including phenoxy) is 1. The molecule has 0 spiro atoms. The number of hydrogen-bond acceptors (Lipinski definition) is 3. The fraction of sp³-hybridized carbons (Fsp3) is 0.900. The molecular weight excluding hydrogens is 166 g/mol. The van der Waals surface area contributed by atoms with Crippen LogP contribution in [-0.2, 0) is 9.53 Å². The Morgan fingerprint density at radius 1 is 1.54 bits per heavy atom. The number of carbonyl (C=O) groups excluding carboxylic acids is 1. The van der Waals surface area contributed by atoms with Crippen LogP contribution in [0.25, 0.3) is 0 Å². The topological polar surface area (TPSA) is 38.3 Å². The molecule has 0 amide bonds. The molecule has 0 unspecified atom stereocenters. The predicted molar refractivity (Wildman–Crippen MR) is 51.4 cm³/mol. The van der Waals surface area contributed by atoms with Crippen LogP contribution in [0.15, 0.2) is 0 Å². The minimum atomic E-state index is -0.0645. The van der Waals surface area contributed by atoms with Crippen LogP contribution in [0.4, 0.5) is 0 Å². The van der Waals surface area contributed by atoms with Crippen LogP contribution in [0.1, 0.15) is 26.2 Å². The van der Waals surface area contributed by atoms with E-state index in [2.05, 4.69) is 17.0 Å². The maximum atomic E-state index is 11.1. The lowest BCUT2D eigenvalue weighted by atomic mass is 9.82. The number of methoxy groups -OCH3 is 1. The van der Waals surface area contributed by atoms with Crippen molar-refractivity contribution in [1.29, 1.82) is 0 Å². The lowest BCUT2D eigenvalue weighted by Crippen LogP contribution is -2.37. The molecule has 1 aliphatic rings. The van der Waals surface area contributed by atoms with Crippen molar-refractivity contribution in [1.82, 2.24) is 5.32 Å². The minimum absolute atomic E-state index is 0.0645. The third kappa shape index (κ3) is 2.99. The van der Waals surface area contributed by atoms with Gasteiger partial charge in [-0.15, -0.1) is 0 Å². The van der Waals surface area contributed by atoms with Crippen LogP contribution < -0.4 is 5.32 Å². The first-order valence-corrected chi connectivity index (χ1v) is 5.05. The van der Waals surface area contributed by atoms with Crippen LogP contribution in [0.3, 0.4) is 0 Å². The summed E-state index contributed by atoms with van der Waals surface area (Å²) in [5.41, 5.74) is 0. The minimum Gasteiger partial charge on any atom is -0.469 e. The second kappa shape index (κ2) is 5.22. The van der Waals surface area contributed by atoms with Crippen molar-refractivity contribution in [3.8, 4) is 0 Å². The number of rotatable bonds is 3. The standard InChI is InChI=1S/C10H19NO2/c1-3-8-7-11-5-4-9(8)6-10(12)13-2/h8-9,11H,3-7H2,1-2H3/t8-,9-/m1/s1. The van der Waals surface area contributed by atoms with Crippen molar-refractivity contribution < 1.29 is 9.53 Å². The van der Waals surface area contributed by atoms with E-state index in [0.717, 1.165) is 25.9 Å². The zero-order valence-corrected chi connectivity index (χ0v) is 8.51. The molecule has 0 aromatic carbocycles. The van der Waals surface area contributed by atoms with E-state index >= 15 is 0 Å². The van der Waals surface area contributed by atoms with E-state index < -0.39 is 0 Å². The van der Waals surface area contributed by atoms with Gasteiger partial charge in [0.1, 0.15) is 0 Å². The molecule has 0 radical (unpaired) electrons. The average Bonchev–Trinajstić information content (AvgIpc) is 2.18. The summed E-state index contributed by atoms with van der Waals surface area (Å²) < 4.78 is 4.69. The Morgan fingerprint density at radius 3 is 2.92 bits per heavy atom. The Morgan fingerprint density at radius 2 is 2.31 bits per heavy atom. The molecule has 0 bridgehead atoms. The number of esters is 1. The molecule has 3 heteroatoms. The van der Waals surface area contributed by atoms with Crippen LogP contribution in [0.5, 0.6) is 0 Å². The summed E-state index contributed by atoms with van der Waals surface area (Å²) in [6.07, 6.45) is 2.85. The number of carbonyl (C=O) groups is 1. The van der Waals surface area contributed by atoms with E-state index in [-0.39, 0.29) is 5.97 Å². The SMILES string of the molecule is CC[C@@H]1CNCC[C@@H]1CC(=O)OC. The second-order valence-corrected chi connectivity index (χ2v) is 3.70. The van der Waals surface area contributed by atoms with Gasteiger partial charge in [-0.1, -0.05) is 13.3 Å². The summed E-state index contributed by atoms with van der Waals surface area (Å²) in [6, 6.07) is 0. The van der Waals surface area contributed by atoms with E-state index in [9.17, 15) is 4.79 Å². The molecular formula is C10H19NO2. The number of hydrogen-bond donors (Lipinski definition) is 1. The maximum absolute atomic E-state index is 11.1. The highest BCUT2D eigenvalue weighted by Crippen LogP contribution is 2.25. The van der Waals surface area contributed by atoms with Crippen LogP contribution in [0.2, 0.25) is 0 Å². The van der Waals surface area contributed by atoms with E-state index in [0.29, 0.717) is 18.3 Å². The molecule has 3 nitrogen and oxygen atoms in total. The van der Waals surface area contributed by atoms with Gasteiger partial charge < -0.3 is 10.1 Å². The van der Waals surface area contributed by atoms with Gasteiger partial charge in [-0.25, -0.2) is 0 Å². The molecule has 13 heavy (non-hydrogen) atoms. The molecule has 76 valence electrons. The Kier molecular flexibility index (Phi) is 4.22. The van der Waals surface area contributed by atoms with Gasteiger partial charge in [0, 0.05) is 6.42 Å². The van der Waals surface area contributed by atoms with Gasteiger partial charge in [0.25, 0.3) is 0 Å². The Hall–Kier alpha value is -0.570. The molecule has 0 aliphatic carbocycles. The summed E-state index contributed by atoms with van der Waals surface area (Å²) in [6.45, 7) is 4.28. The van der Waals surface area contributed by atoms with Crippen LogP contribution >= 0.6 is 0 Å². The first-order valence-electron chi connectivity index (χ1n) is 5.05. The smallest absolute Gasteiger partial charge is 0.305 e. The predicted octanol–water partition coefficient (Wildman–Crippen LogP) is 1.19. The molecule has 1 fully saturated rings. The highest BCUT2D eigenvalue weighted by molar-refractivity contribution is 5.69. The highest BCUT2D eigenvalue weighted by Gasteiger charge is 2.25. The van der Waals surface area contributed by atoms with Crippen LogP contribution in [-0.4, -0.2) is 26.2 Å². The summed E-state index contributed by atoms with van der Waals surface area (Å²) in [5, 5.41) is 3.35. The second-order valence-electron chi connectivity index (χ2n) is 3.70. The van der Waals surface area contributed by atoms with Gasteiger partial charge >= 0.3 is 5.97 Å². The van der Waals surface area contributed by atoms with Gasteiger partial charge in [-0.05, 0) is 31.3 Å². The quantitative estimate of drug-likeness (QED) is 0.671. The fourth-order valence-corrected chi connectivity index (χ4v) is 2.02. The summed E-state index contributed by atoms with van der Waals surface area (Å²) in [7, 11) is 1.46. The van der Waals surface area contributed by atoms with Crippen LogP contribution in [0, 0.1) is 11.8 Å². The van der Waals surface area contributed by atoms with Gasteiger partial charge in [0.2, 0.25) is 0 Å². The van der Waals surface area contributed by atoms with Crippen molar-refractivity contribution in [2.45, 2.75) is 26.2 Å². The van der Waals surface area contributed by atoms with Crippen molar-refractivity contribution in [3.05, 3.63) is 0 Å². The summed E-state index contributed by atoms with van der Waals surface area (Å²) >= 11 is 0. The number of piperidine rings is 1. The van der Waals surface area contributed by atoms with Crippen molar-refractivity contribution >= 4 is 5.97 Å². The van der Waals surface area contributed by atoms with Gasteiger partial charge in [0.05, 0.1) is 7.11 Å². The van der Waals surface area contributed by atoms with Crippen molar-refractivity contribution in [3.63, 3.8) is 0 Å². The third-order valence-electron chi connectivity index (χ3n) is 2.95. The Labute approximate surface area is 79.8 Å². The van der Waals surface area contributed by atoms with E-state index in [1.54, 1.807) is 0 Å². The molecule has 1 aliphatic heterocycles. The average molecular weight is 185 g/mol. The monoisotopic (exact) mass is 185 g/mol.